The van der Waals surface area contributed by atoms with Gasteiger partial charge in [0.05, 0.1) is 11.1 Å². The summed E-state index contributed by atoms with van der Waals surface area (Å²) in [6.07, 6.45) is 0.0320. The van der Waals surface area contributed by atoms with Crippen LogP contribution in [-0.4, -0.2) is 50.7 Å². The molecule has 0 saturated carbocycles. The summed E-state index contributed by atoms with van der Waals surface area (Å²) in [4.78, 5) is 42.6. The fraction of sp³-hybridized carbons (Fsp3) is 0.348. The molecule has 0 radical (unpaired) electrons. The van der Waals surface area contributed by atoms with E-state index in [0.717, 1.165) is 4.90 Å². The zero-order valence-electron chi connectivity index (χ0n) is 18.2. The number of fused-ring (bicyclic) bond motifs is 2. The molecule has 33 heavy (non-hydrogen) atoms. The number of carbonyl (C=O) groups is 3. The van der Waals surface area contributed by atoms with Crippen LogP contribution in [-0.2, 0) is 14.9 Å². The number of carbonyl (C=O) groups excluding carboxylic acids is 2. The number of nitrogens with zero attached hydrogens (tertiary/aromatic N) is 4. The molecule has 10 nitrogen and oxygen atoms in total. The average Bonchev–Trinajstić information content (AvgIpc) is 3.29. The average molecular weight is 449 g/mol. The second-order valence-electron chi connectivity index (χ2n) is 8.77. The molecule has 2 aliphatic heterocycles. The lowest BCUT2D eigenvalue weighted by Gasteiger charge is -2.20. The molecule has 0 atom stereocenters. The van der Waals surface area contributed by atoms with Gasteiger partial charge in [0.1, 0.15) is 5.69 Å². The summed E-state index contributed by atoms with van der Waals surface area (Å²) in [5.74, 6) is -0.336. The van der Waals surface area contributed by atoms with Crippen molar-refractivity contribution in [1.82, 2.24) is 14.6 Å². The number of Topliss-reactive ketones (excluding diaryl/α,β-unsaturated/α-hetero) is 1. The molecule has 5 rings (SSSR count). The number of amides is 2. The number of hydrogen-bond donors (Lipinski definition) is 2. The van der Waals surface area contributed by atoms with E-state index < -0.39 is 17.4 Å². The van der Waals surface area contributed by atoms with Gasteiger partial charge in [-0.2, -0.15) is 4.98 Å². The first-order chi connectivity index (χ1) is 15.8. The summed E-state index contributed by atoms with van der Waals surface area (Å²) in [5.41, 5.74) is 1.50. The maximum absolute atomic E-state index is 13.0. The number of anilines is 3. The van der Waals surface area contributed by atoms with Crippen LogP contribution in [0.15, 0.2) is 36.4 Å². The SMILES string of the molecule is CC1(C)C(=O)N(C(=O)O)c2cc(Nc3nc4cccc(C(=O)C5CCOCC5)n4n3)ccc21. The highest BCUT2D eigenvalue weighted by atomic mass is 16.5. The Hall–Kier alpha value is -3.79. The molecular formula is C23H23N5O5. The highest BCUT2D eigenvalue weighted by Gasteiger charge is 2.46. The number of ether oxygens (including phenoxy) is 1. The van der Waals surface area contributed by atoms with Crippen molar-refractivity contribution in [2.45, 2.75) is 32.1 Å². The van der Waals surface area contributed by atoms with Gasteiger partial charge in [0.15, 0.2) is 11.4 Å². The topological polar surface area (TPSA) is 126 Å². The monoisotopic (exact) mass is 449 g/mol. The van der Waals surface area contributed by atoms with E-state index in [0.29, 0.717) is 54.3 Å². The van der Waals surface area contributed by atoms with Crippen molar-refractivity contribution in [3.8, 4) is 0 Å². The third-order valence-electron chi connectivity index (χ3n) is 6.30. The Morgan fingerprint density at radius 2 is 1.94 bits per heavy atom. The zero-order valence-corrected chi connectivity index (χ0v) is 18.2. The molecule has 1 aromatic carbocycles. The second-order valence-corrected chi connectivity index (χ2v) is 8.77. The van der Waals surface area contributed by atoms with Gasteiger partial charge in [-0.05, 0) is 56.5 Å². The molecular weight excluding hydrogens is 426 g/mol. The molecule has 3 aromatic rings. The molecule has 0 unspecified atom stereocenters. The highest BCUT2D eigenvalue weighted by Crippen LogP contribution is 2.43. The van der Waals surface area contributed by atoms with Crippen molar-refractivity contribution in [3.63, 3.8) is 0 Å². The number of aromatic nitrogens is 3. The molecule has 10 heteroatoms. The van der Waals surface area contributed by atoms with E-state index in [9.17, 15) is 19.5 Å². The quantitative estimate of drug-likeness (QED) is 0.581. The Bertz CT molecular complexity index is 1290. The van der Waals surface area contributed by atoms with Crippen LogP contribution in [0.3, 0.4) is 0 Å². The van der Waals surface area contributed by atoms with Crippen LogP contribution in [0.2, 0.25) is 0 Å². The van der Waals surface area contributed by atoms with Crippen molar-refractivity contribution >= 4 is 40.8 Å². The summed E-state index contributed by atoms with van der Waals surface area (Å²) in [6.45, 7) is 4.54. The van der Waals surface area contributed by atoms with E-state index in [1.807, 2.05) is 0 Å². The van der Waals surface area contributed by atoms with Gasteiger partial charge < -0.3 is 15.2 Å². The van der Waals surface area contributed by atoms with Gasteiger partial charge in [0.2, 0.25) is 11.9 Å². The minimum atomic E-state index is -1.33. The van der Waals surface area contributed by atoms with Gasteiger partial charge in [-0.1, -0.05) is 12.1 Å². The van der Waals surface area contributed by atoms with Crippen LogP contribution in [0.5, 0.6) is 0 Å². The van der Waals surface area contributed by atoms with Crippen LogP contribution in [0, 0.1) is 5.92 Å². The van der Waals surface area contributed by atoms with E-state index in [2.05, 4.69) is 15.4 Å². The van der Waals surface area contributed by atoms with Crippen LogP contribution < -0.4 is 10.2 Å². The summed E-state index contributed by atoms with van der Waals surface area (Å²) in [5, 5.41) is 17.1. The van der Waals surface area contributed by atoms with Gasteiger partial charge in [0.25, 0.3) is 0 Å². The molecule has 2 aliphatic rings. The molecule has 2 amide bonds. The summed E-state index contributed by atoms with van der Waals surface area (Å²) in [7, 11) is 0. The normalized spacial score (nSPS) is 17.9. The predicted molar refractivity (Wildman–Crippen MR) is 119 cm³/mol. The molecule has 1 saturated heterocycles. The van der Waals surface area contributed by atoms with Gasteiger partial charge in [0, 0.05) is 24.8 Å². The van der Waals surface area contributed by atoms with E-state index >= 15 is 0 Å². The van der Waals surface area contributed by atoms with E-state index in [1.54, 1.807) is 50.2 Å². The Morgan fingerprint density at radius 3 is 2.67 bits per heavy atom. The van der Waals surface area contributed by atoms with Crippen molar-refractivity contribution in [3.05, 3.63) is 47.7 Å². The number of imide groups is 1. The van der Waals surface area contributed by atoms with Crippen LogP contribution >= 0.6 is 0 Å². The fourth-order valence-electron chi connectivity index (χ4n) is 4.46. The molecule has 2 aromatic heterocycles. The molecule has 0 bridgehead atoms. The van der Waals surface area contributed by atoms with Crippen molar-refractivity contribution in [2.24, 2.45) is 5.92 Å². The van der Waals surface area contributed by atoms with Crippen LogP contribution in [0.4, 0.5) is 22.1 Å². The lowest BCUT2D eigenvalue weighted by Crippen LogP contribution is -2.39. The molecule has 0 aliphatic carbocycles. The van der Waals surface area contributed by atoms with Gasteiger partial charge in [-0.3, -0.25) is 9.59 Å². The predicted octanol–water partition coefficient (Wildman–Crippen LogP) is 3.38. The maximum atomic E-state index is 13.0. The number of benzene rings is 1. The molecule has 0 spiro atoms. The first-order valence-corrected chi connectivity index (χ1v) is 10.7. The number of pyridine rings is 1. The van der Waals surface area contributed by atoms with Crippen molar-refractivity contribution in [2.75, 3.05) is 23.4 Å². The van der Waals surface area contributed by atoms with E-state index in [-0.39, 0.29) is 17.6 Å². The second kappa shape index (κ2) is 7.66. The molecule has 170 valence electrons. The smallest absolute Gasteiger partial charge is 0.418 e. The molecule has 4 heterocycles. The number of nitrogens with one attached hydrogen (secondary N) is 1. The minimum Gasteiger partial charge on any atom is -0.464 e. The number of rotatable bonds is 4. The number of hydrogen-bond acceptors (Lipinski definition) is 7. The zero-order chi connectivity index (χ0) is 23.3. The summed E-state index contributed by atoms with van der Waals surface area (Å²) in [6, 6.07) is 10.3. The largest absolute Gasteiger partial charge is 0.464 e. The van der Waals surface area contributed by atoms with Crippen molar-refractivity contribution < 1.29 is 24.2 Å². The summed E-state index contributed by atoms with van der Waals surface area (Å²) < 4.78 is 6.88. The van der Waals surface area contributed by atoms with Gasteiger partial charge in [-0.15, -0.1) is 5.10 Å². The van der Waals surface area contributed by atoms with Gasteiger partial charge >= 0.3 is 6.09 Å². The maximum Gasteiger partial charge on any atom is 0.418 e. The van der Waals surface area contributed by atoms with E-state index in [1.165, 1.54) is 4.52 Å². The van der Waals surface area contributed by atoms with Crippen molar-refractivity contribution in [1.29, 1.82) is 0 Å². The van der Waals surface area contributed by atoms with E-state index in [4.69, 9.17) is 4.74 Å². The van der Waals surface area contributed by atoms with Gasteiger partial charge in [-0.25, -0.2) is 14.2 Å². The standard InChI is InChI=1S/C23H23N5O5/c1-23(2)15-7-6-14(12-17(15)27(20(23)30)22(31)32)24-21-25-18-5-3-4-16(28(18)26-21)19(29)13-8-10-33-11-9-13/h3-7,12-13H,8-11H2,1-2H3,(H,24,26)(H,31,32). The Kier molecular flexibility index (Phi) is 4.89. The highest BCUT2D eigenvalue weighted by molar-refractivity contribution is 6.20. The Morgan fingerprint density at radius 1 is 1.18 bits per heavy atom. The Labute approximate surface area is 189 Å². The Balaban J connectivity index is 1.47. The van der Waals surface area contributed by atoms with Crippen LogP contribution in [0.25, 0.3) is 5.65 Å². The number of ketones is 1. The summed E-state index contributed by atoms with van der Waals surface area (Å²) >= 11 is 0. The molecule has 1 fully saturated rings. The minimum absolute atomic E-state index is 0.00993. The van der Waals surface area contributed by atoms with Crippen LogP contribution in [0.1, 0.15) is 42.7 Å². The fourth-order valence-corrected chi connectivity index (χ4v) is 4.46. The lowest BCUT2D eigenvalue weighted by atomic mass is 9.86. The third-order valence-corrected chi connectivity index (χ3v) is 6.30. The molecule has 2 N–H and O–H groups in total. The first kappa shape index (κ1) is 21.1. The lowest BCUT2D eigenvalue weighted by molar-refractivity contribution is -0.121. The first-order valence-electron chi connectivity index (χ1n) is 10.7. The number of carboxylic acid groups (broad SMARTS) is 1. The third kappa shape index (κ3) is 3.43.